The van der Waals surface area contributed by atoms with Crippen molar-refractivity contribution in [1.29, 1.82) is 0 Å². The monoisotopic (exact) mass is 268 g/mol. The van der Waals surface area contributed by atoms with Crippen molar-refractivity contribution in [2.75, 3.05) is 20.1 Å². The van der Waals surface area contributed by atoms with Gasteiger partial charge in [-0.05, 0) is 43.1 Å². The fraction of sp³-hybridized carbons (Fsp3) is 1.00. The molecule has 2 N–H and O–H groups in total. The smallest absolute Gasteiger partial charge is 0.0338 e. The fourth-order valence-corrected chi connectivity index (χ4v) is 4.62. The van der Waals surface area contributed by atoms with Gasteiger partial charge >= 0.3 is 0 Å². The van der Waals surface area contributed by atoms with E-state index in [4.69, 9.17) is 5.73 Å². The molecule has 0 spiro atoms. The van der Waals surface area contributed by atoms with Crippen molar-refractivity contribution in [1.82, 2.24) is 4.90 Å². The first-order valence-electron chi connectivity index (χ1n) is 7.97. The summed E-state index contributed by atoms with van der Waals surface area (Å²) >= 11 is 0. The lowest BCUT2D eigenvalue weighted by molar-refractivity contribution is -0.0368. The van der Waals surface area contributed by atoms with Crippen molar-refractivity contribution >= 4 is 0 Å². The van der Waals surface area contributed by atoms with Gasteiger partial charge in [-0.25, -0.2) is 0 Å². The first-order valence-corrected chi connectivity index (χ1v) is 7.97. The molecule has 0 aliphatic heterocycles. The molecule has 0 aromatic carbocycles. The van der Waals surface area contributed by atoms with Crippen molar-refractivity contribution in [3.05, 3.63) is 0 Å². The van der Waals surface area contributed by atoms with Gasteiger partial charge in [0.25, 0.3) is 0 Å². The quantitative estimate of drug-likeness (QED) is 0.819. The van der Waals surface area contributed by atoms with Gasteiger partial charge in [-0.1, -0.05) is 48.0 Å². The highest BCUT2D eigenvalue weighted by Crippen LogP contribution is 2.51. The van der Waals surface area contributed by atoms with E-state index in [0.717, 1.165) is 12.5 Å². The number of nitrogens with two attached hydrogens (primary N) is 1. The van der Waals surface area contributed by atoms with Crippen molar-refractivity contribution < 1.29 is 0 Å². The Morgan fingerprint density at radius 2 is 1.53 bits per heavy atom. The molecule has 0 saturated heterocycles. The van der Waals surface area contributed by atoms with Gasteiger partial charge in [0.15, 0.2) is 0 Å². The van der Waals surface area contributed by atoms with E-state index in [-0.39, 0.29) is 5.54 Å². The molecule has 1 atom stereocenters. The first-order chi connectivity index (χ1) is 8.56. The maximum Gasteiger partial charge on any atom is 0.0338 e. The number of likely N-dealkylation sites (N-methyl/N-ethyl adjacent to an activating group) is 1. The molecule has 0 amide bonds. The minimum absolute atomic E-state index is 0.189. The van der Waals surface area contributed by atoms with E-state index in [1.54, 1.807) is 0 Å². The maximum atomic E-state index is 6.26. The maximum absolute atomic E-state index is 6.26. The summed E-state index contributed by atoms with van der Waals surface area (Å²) in [6.07, 6.45) is 5.01. The van der Waals surface area contributed by atoms with Crippen molar-refractivity contribution in [3.63, 3.8) is 0 Å². The zero-order valence-electron chi connectivity index (χ0n) is 14.3. The minimum Gasteiger partial charge on any atom is -0.329 e. The summed E-state index contributed by atoms with van der Waals surface area (Å²) in [7, 11) is 2.29. The second kappa shape index (κ2) is 5.73. The molecule has 19 heavy (non-hydrogen) atoms. The van der Waals surface area contributed by atoms with Crippen LogP contribution in [0.25, 0.3) is 0 Å². The normalized spacial score (nSPS) is 26.4. The SMILES string of the molecule is CCC(C)CN(C)C1(CN)CC(C)(C)CC(C)(C)C1. The summed E-state index contributed by atoms with van der Waals surface area (Å²) in [6, 6.07) is 0. The Morgan fingerprint density at radius 3 is 1.89 bits per heavy atom. The molecule has 0 bridgehead atoms. The molecule has 1 unspecified atom stereocenters. The number of nitrogens with zero attached hydrogens (tertiary/aromatic N) is 1. The Labute approximate surface area is 121 Å². The molecule has 1 fully saturated rings. The van der Waals surface area contributed by atoms with Crippen LogP contribution in [0.1, 0.15) is 67.2 Å². The predicted octanol–water partition coefficient (Wildman–Crippen LogP) is 3.90. The van der Waals surface area contributed by atoms with Gasteiger partial charge in [-0.2, -0.15) is 0 Å². The average molecular weight is 268 g/mol. The molecule has 114 valence electrons. The van der Waals surface area contributed by atoms with Gasteiger partial charge in [0.1, 0.15) is 0 Å². The number of rotatable bonds is 5. The highest BCUT2D eigenvalue weighted by molar-refractivity contribution is 5.04. The topological polar surface area (TPSA) is 29.3 Å². The Bertz CT molecular complexity index is 278. The van der Waals surface area contributed by atoms with Crippen LogP contribution in [0.15, 0.2) is 0 Å². The molecule has 2 heteroatoms. The van der Waals surface area contributed by atoms with Crippen LogP contribution in [0.3, 0.4) is 0 Å². The van der Waals surface area contributed by atoms with Crippen molar-refractivity contribution in [2.24, 2.45) is 22.5 Å². The third-order valence-electron chi connectivity index (χ3n) is 5.04. The van der Waals surface area contributed by atoms with E-state index in [9.17, 15) is 0 Å². The molecule has 2 nitrogen and oxygen atoms in total. The molecule has 1 aliphatic carbocycles. The van der Waals surface area contributed by atoms with Gasteiger partial charge in [-0.15, -0.1) is 0 Å². The van der Waals surface area contributed by atoms with Gasteiger partial charge in [0.2, 0.25) is 0 Å². The zero-order chi connectivity index (χ0) is 14.9. The highest BCUT2D eigenvalue weighted by atomic mass is 15.2. The molecule has 0 aromatic heterocycles. The Morgan fingerprint density at radius 1 is 1.05 bits per heavy atom. The lowest BCUT2D eigenvalue weighted by atomic mass is 9.58. The second-order valence-electron chi connectivity index (χ2n) is 8.68. The third-order valence-corrected chi connectivity index (χ3v) is 5.04. The average Bonchev–Trinajstić information content (AvgIpc) is 2.24. The van der Waals surface area contributed by atoms with E-state index in [2.05, 4.69) is 53.5 Å². The van der Waals surface area contributed by atoms with Crippen LogP contribution in [0, 0.1) is 16.7 Å². The fourth-order valence-electron chi connectivity index (χ4n) is 4.62. The van der Waals surface area contributed by atoms with Gasteiger partial charge in [0.05, 0.1) is 0 Å². The van der Waals surface area contributed by atoms with Gasteiger partial charge in [0, 0.05) is 18.6 Å². The predicted molar refractivity (Wildman–Crippen MR) is 85.3 cm³/mol. The van der Waals surface area contributed by atoms with E-state index in [1.807, 2.05) is 0 Å². The lowest BCUT2D eigenvalue weighted by Gasteiger charge is -2.56. The Balaban J connectivity index is 2.95. The molecular formula is C17H36N2. The highest BCUT2D eigenvalue weighted by Gasteiger charge is 2.48. The van der Waals surface area contributed by atoms with Crippen LogP contribution in [-0.4, -0.2) is 30.6 Å². The first kappa shape index (κ1) is 17.0. The van der Waals surface area contributed by atoms with E-state index >= 15 is 0 Å². The summed E-state index contributed by atoms with van der Waals surface area (Å²) in [5.74, 6) is 0.751. The molecular weight excluding hydrogens is 232 g/mol. The van der Waals surface area contributed by atoms with Crippen LogP contribution < -0.4 is 5.73 Å². The molecule has 1 aliphatic rings. The van der Waals surface area contributed by atoms with Crippen LogP contribution in [0.2, 0.25) is 0 Å². The van der Waals surface area contributed by atoms with E-state index < -0.39 is 0 Å². The Kier molecular flexibility index (Phi) is 5.12. The van der Waals surface area contributed by atoms with Crippen LogP contribution in [0.4, 0.5) is 0 Å². The largest absolute Gasteiger partial charge is 0.329 e. The molecule has 0 heterocycles. The molecule has 1 rings (SSSR count). The van der Waals surface area contributed by atoms with Gasteiger partial charge in [-0.3, -0.25) is 4.90 Å². The lowest BCUT2D eigenvalue weighted by Crippen LogP contribution is -2.60. The second-order valence-corrected chi connectivity index (χ2v) is 8.68. The third kappa shape index (κ3) is 4.19. The van der Waals surface area contributed by atoms with Crippen molar-refractivity contribution in [2.45, 2.75) is 72.8 Å². The summed E-state index contributed by atoms with van der Waals surface area (Å²) in [5, 5.41) is 0. The molecule has 1 saturated carbocycles. The Hall–Kier alpha value is -0.0800. The molecule has 0 radical (unpaired) electrons. The van der Waals surface area contributed by atoms with Gasteiger partial charge < -0.3 is 5.73 Å². The standard InChI is InChI=1S/C17H36N2/c1-8-14(2)9-19(7)17(13-18)11-15(3,4)10-16(5,6)12-17/h14H,8-13,18H2,1-7H3. The van der Waals surface area contributed by atoms with E-state index in [0.29, 0.717) is 10.8 Å². The summed E-state index contributed by atoms with van der Waals surface area (Å²) < 4.78 is 0. The van der Waals surface area contributed by atoms with Crippen LogP contribution in [-0.2, 0) is 0 Å². The molecule has 0 aromatic rings. The van der Waals surface area contributed by atoms with Crippen LogP contribution in [0.5, 0.6) is 0 Å². The summed E-state index contributed by atoms with van der Waals surface area (Å²) in [4.78, 5) is 2.57. The summed E-state index contributed by atoms with van der Waals surface area (Å²) in [5.41, 5.74) is 7.23. The summed E-state index contributed by atoms with van der Waals surface area (Å²) in [6.45, 7) is 16.2. The van der Waals surface area contributed by atoms with Crippen LogP contribution >= 0.6 is 0 Å². The number of hydrogen-bond donors (Lipinski definition) is 1. The zero-order valence-corrected chi connectivity index (χ0v) is 14.3. The van der Waals surface area contributed by atoms with E-state index in [1.165, 1.54) is 32.2 Å². The van der Waals surface area contributed by atoms with Crippen molar-refractivity contribution in [3.8, 4) is 0 Å². The minimum atomic E-state index is 0.189. The number of hydrogen-bond acceptors (Lipinski definition) is 2.